The maximum absolute atomic E-state index is 9.63. The summed E-state index contributed by atoms with van der Waals surface area (Å²) >= 11 is 0. The summed E-state index contributed by atoms with van der Waals surface area (Å²) in [5, 5.41) is 9.63. The van der Waals surface area contributed by atoms with Crippen molar-refractivity contribution in [2.45, 2.75) is 26.2 Å². The van der Waals surface area contributed by atoms with E-state index < -0.39 is 0 Å². The van der Waals surface area contributed by atoms with Crippen LogP contribution in [-0.4, -0.2) is 19.2 Å². The van der Waals surface area contributed by atoms with E-state index in [1.165, 1.54) is 0 Å². The van der Waals surface area contributed by atoms with Gasteiger partial charge in [0, 0.05) is 11.3 Å². The maximum atomic E-state index is 9.63. The van der Waals surface area contributed by atoms with Gasteiger partial charge < -0.3 is 15.2 Å². The Bertz CT molecular complexity index is 824. The molecule has 5 heteroatoms. The lowest BCUT2D eigenvalue weighted by atomic mass is 9.82. The minimum absolute atomic E-state index is 0.301. The number of nitrogens with zero attached hydrogens (tertiary/aromatic N) is 2. The SMILES string of the molecule is COc1ccc(-c2c(C#N)c(N)nc3c2CC(C)CC3)cc1OC. The summed E-state index contributed by atoms with van der Waals surface area (Å²) in [4.78, 5) is 4.48. The molecule has 0 amide bonds. The average Bonchev–Trinajstić information content (AvgIpc) is 2.60. The Kier molecular flexibility index (Phi) is 4.30. The van der Waals surface area contributed by atoms with E-state index in [2.05, 4.69) is 18.0 Å². The molecule has 124 valence electrons. The minimum atomic E-state index is 0.301. The molecule has 1 heterocycles. The lowest BCUT2D eigenvalue weighted by molar-refractivity contribution is 0.355. The van der Waals surface area contributed by atoms with Crippen LogP contribution >= 0.6 is 0 Å². The molecular formula is C19H21N3O2. The Morgan fingerprint density at radius 1 is 1.25 bits per heavy atom. The summed E-state index contributed by atoms with van der Waals surface area (Å²) in [5.41, 5.74) is 10.4. The highest BCUT2D eigenvalue weighted by Gasteiger charge is 2.25. The largest absolute Gasteiger partial charge is 0.493 e. The molecule has 0 spiro atoms. The molecule has 0 aliphatic heterocycles. The number of rotatable bonds is 3. The number of nitrogens with two attached hydrogens (primary N) is 1. The Hall–Kier alpha value is -2.74. The normalized spacial score (nSPS) is 16.2. The van der Waals surface area contributed by atoms with Crippen LogP contribution in [0.2, 0.25) is 0 Å². The summed E-state index contributed by atoms with van der Waals surface area (Å²) < 4.78 is 10.7. The van der Waals surface area contributed by atoms with Crippen molar-refractivity contribution in [2.24, 2.45) is 5.92 Å². The van der Waals surface area contributed by atoms with Crippen molar-refractivity contribution in [3.05, 3.63) is 35.0 Å². The molecule has 0 saturated heterocycles. The van der Waals surface area contributed by atoms with Crippen LogP contribution in [0, 0.1) is 17.2 Å². The van der Waals surface area contributed by atoms with Crippen molar-refractivity contribution >= 4 is 5.82 Å². The van der Waals surface area contributed by atoms with Gasteiger partial charge in [0.25, 0.3) is 0 Å². The van der Waals surface area contributed by atoms with Crippen LogP contribution in [0.15, 0.2) is 18.2 Å². The van der Waals surface area contributed by atoms with E-state index in [-0.39, 0.29) is 0 Å². The van der Waals surface area contributed by atoms with Gasteiger partial charge in [-0.25, -0.2) is 4.98 Å². The Balaban J connectivity index is 2.27. The molecule has 1 aromatic carbocycles. The predicted octanol–water partition coefficient (Wildman–Crippen LogP) is 3.34. The quantitative estimate of drug-likeness (QED) is 0.937. The Labute approximate surface area is 142 Å². The molecule has 1 aliphatic rings. The second-order valence-corrected chi connectivity index (χ2v) is 6.20. The summed E-state index contributed by atoms with van der Waals surface area (Å²) in [7, 11) is 3.21. The number of aryl methyl sites for hydroxylation is 1. The van der Waals surface area contributed by atoms with Crippen LogP contribution in [0.25, 0.3) is 11.1 Å². The first-order valence-electron chi connectivity index (χ1n) is 8.02. The van der Waals surface area contributed by atoms with Crippen LogP contribution in [0.1, 0.15) is 30.2 Å². The van der Waals surface area contributed by atoms with Crippen LogP contribution in [0.3, 0.4) is 0 Å². The molecule has 24 heavy (non-hydrogen) atoms. The third-order valence-electron chi connectivity index (χ3n) is 4.62. The number of fused-ring (bicyclic) bond motifs is 1. The fourth-order valence-corrected chi connectivity index (χ4v) is 3.38. The van der Waals surface area contributed by atoms with Gasteiger partial charge in [-0.1, -0.05) is 13.0 Å². The van der Waals surface area contributed by atoms with Gasteiger partial charge in [-0.15, -0.1) is 0 Å². The van der Waals surface area contributed by atoms with Crippen molar-refractivity contribution in [3.63, 3.8) is 0 Å². The van der Waals surface area contributed by atoms with Gasteiger partial charge in [-0.05, 0) is 48.4 Å². The van der Waals surface area contributed by atoms with E-state index in [9.17, 15) is 5.26 Å². The first-order chi connectivity index (χ1) is 11.6. The van der Waals surface area contributed by atoms with E-state index in [0.29, 0.717) is 28.8 Å². The molecule has 1 aliphatic carbocycles. The Morgan fingerprint density at radius 2 is 2.00 bits per heavy atom. The molecule has 1 unspecified atom stereocenters. The molecule has 3 rings (SSSR count). The zero-order chi connectivity index (χ0) is 17.3. The van der Waals surface area contributed by atoms with E-state index >= 15 is 0 Å². The number of methoxy groups -OCH3 is 2. The molecular weight excluding hydrogens is 302 g/mol. The summed E-state index contributed by atoms with van der Waals surface area (Å²) in [5.74, 6) is 2.15. The molecule has 2 aromatic rings. The fraction of sp³-hybridized carbons (Fsp3) is 0.368. The molecule has 5 nitrogen and oxygen atoms in total. The number of pyridine rings is 1. The molecule has 1 aromatic heterocycles. The highest BCUT2D eigenvalue weighted by molar-refractivity contribution is 5.80. The molecule has 1 atom stereocenters. The van der Waals surface area contributed by atoms with Gasteiger partial charge in [0.15, 0.2) is 11.5 Å². The topological polar surface area (TPSA) is 81.2 Å². The van der Waals surface area contributed by atoms with Crippen molar-refractivity contribution in [1.29, 1.82) is 5.26 Å². The highest BCUT2D eigenvalue weighted by atomic mass is 16.5. The highest BCUT2D eigenvalue weighted by Crippen LogP contribution is 2.40. The standard InChI is InChI=1S/C19H21N3O2/c1-11-4-6-15-13(8-11)18(14(10-20)19(21)22-15)12-5-7-16(23-2)17(9-12)24-3/h5,7,9,11H,4,6,8H2,1-3H3,(H2,21,22). The van der Waals surface area contributed by atoms with Crippen molar-refractivity contribution < 1.29 is 9.47 Å². The number of anilines is 1. The van der Waals surface area contributed by atoms with E-state index in [4.69, 9.17) is 15.2 Å². The number of ether oxygens (including phenoxy) is 2. The zero-order valence-electron chi connectivity index (χ0n) is 14.2. The number of nitrogen functional groups attached to an aromatic ring is 1. The van der Waals surface area contributed by atoms with Gasteiger partial charge >= 0.3 is 0 Å². The fourth-order valence-electron chi connectivity index (χ4n) is 3.38. The molecule has 0 fully saturated rings. The number of aromatic nitrogens is 1. The molecule has 2 N–H and O–H groups in total. The summed E-state index contributed by atoms with van der Waals surface area (Å²) in [6, 6.07) is 7.92. The van der Waals surface area contributed by atoms with Crippen molar-refractivity contribution in [1.82, 2.24) is 4.98 Å². The first kappa shape index (κ1) is 16.1. The number of hydrogen-bond acceptors (Lipinski definition) is 5. The first-order valence-corrected chi connectivity index (χ1v) is 8.02. The van der Waals surface area contributed by atoms with Crippen molar-refractivity contribution in [3.8, 4) is 28.7 Å². The number of hydrogen-bond donors (Lipinski definition) is 1. The summed E-state index contributed by atoms with van der Waals surface area (Å²) in [6.45, 7) is 2.23. The summed E-state index contributed by atoms with van der Waals surface area (Å²) in [6.07, 6.45) is 2.89. The third kappa shape index (κ3) is 2.65. The predicted molar refractivity (Wildman–Crippen MR) is 93.1 cm³/mol. The molecule has 0 saturated carbocycles. The van der Waals surface area contributed by atoms with Gasteiger partial charge in [0.2, 0.25) is 0 Å². The van der Waals surface area contributed by atoms with Crippen LogP contribution in [0.5, 0.6) is 11.5 Å². The lowest BCUT2D eigenvalue weighted by Gasteiger charge is -2.25. The van der Waals surface area contributed by atoms with Gasteiger partial charge in [-0.3, -0.25) is 0 Å². The second-order valence-electron chi connectivity index (χ2n) is 6.20. The van der Waals surface area contributed by atoms with E-state index in [1.807, 2.05) is 18.2 Å². The van der Waals surface area contributed by atoms with Crippen LogP contribution < -0.4 is 15.2 Å². The van der Waals surface area contributed by atoms with Gasteiger partial charge in [0.1, 0.15) is 17.5 Å². The zero-order valence-corrected chi connectivity index (χ0v) is 14.2. The van der Waals surface area contributed by atoms with Gasteiger partial charge in [0.05, 0.1) is 14.2 Å². The smallest absolute Gasteiger partial charge is 0.161 e. The monoisotopic (exact) mass is 323 g/mol. The van der Waals surface area contributed by atoms with Crippen molar-refractivity contribution in [2.75, 3.05) is 20.0 Å². The Morgan fingerprint density at radius 3 is 2.67 bits per heavy atom. The van der Waals surface area contributed by atoms with Gasteiger partial charge in [-0.2, -0.15) is 5.26 Å². The molecule has 0 bridgehead atoms. The molecule has 0 radical (unpaired) electrons. The minimum Gasteiger partial charge on any atom is -0.493 e. The van der Waals surface area contributed by atoms with Crippen LogP contribution in [0.4, 0.5) is 5.82 Å². The lowest BCUT2D eigenvalue weighted by Crippen LogP contribution is -2.16. The number of benzene rings is 1. The van der Waals surface area contributed by atoms with Crippen LogP contribution in [-0.2, 0) is 12.8 Å². The number of nitriles is 1. The second kappa shape index (κ2) is 6.40. The van der Waals surface area contributed by atoms with E-state index in [1.54, 1.807) is 14.2 Å². The van der Waals surface area contributed by atoms with E-state index in [0.717, 1.165) is 41.6 Å². The third-order valence-corrected chi connectivity index (χ3v) is 4.62. The maximum Gasteiger partial charge on any atom is 0.161 e. The average molecular weight is 323 g/mol.